The van der Waals surface area contributed by atoms with Gasteiger partial charge in [-0.25, -0.2) is 8.42 Å². The van der Waals surface area contributed by atoms with Crippen molar-refractivity contribution >= 4 is 33.5 Å². The van der Waals surface area contributed by atoms with Crippen LogP contribution in [0.15, 0.2) is 0 Å². The first-order valence-electron chi connectivity index (χ1n) is 12.2. The number of piperidine rings is 1. The van der Waals surface area contributed by atoms with E-state index >= 15 is 0 Å². The second kappa shape index (κ2) is 9.65. The highest BCUT2D eigenvalue weighted by atomic mass is 32.2. The van der Waals surface area contributed by atoms with E-state index in [-0.39, 0.29) is 35.5 Å². The van der Waals surface area contributed by atoms with E-state index in [9.17, 15) is 32.9 Å². The van der Waals surface area contributed by atoms with Gasteiger partial charge in [-0.2, -0.15) is 5.26 Å². The number of hydrogen-bond acceptors (Lipinski definition) is 7. The lowest BCUT2D eigenvalue weighted by atomic mass is 9.85. The molecule has 200 valence electrons. The molecule has 3 aliphatic rings. The normalized spacial score (nSPS) is 28.4. The lowest BCUT2D eigenvalue weighted by molar-refractivity contribution is -0.145. The van der Waals surface area contributed by atoms with Crippen LogP contribution in [0.4, 0.5) is 0 Å². The monoisotopic (exact) mass is 523 g/mol. The first kappa shape index (κ1) is 27.9. The molecule has 1 aliphatic carbocycles. The summed E-state index contributed by atoms with van der Waals surface area (Å²) in [7, 11) is -3.59. The number of amides is 4. The number of fused-ring (bicyclic) bond motifs is 1. The molecule has 0 aromatic heterocycles. The van der Waals surface area contributed by atoms with Gasteiger partial charge in [-0.3, -0.25) is 19.2 Å². The maximum Gasteiger partial charge on any atom is 0.246 e. The molecule has 2 saturated heterocycles. The van der Waals surface area contributed by atoms with Crippen molar-refractivity contribution in [2.24, 2.45) is 28.6 Å². The van der Waals surface area contributed by atoms with Gasteiger partial charge in [-0.15, -0.1) is 0 Å². The first-order chi connectivity index (χ1) is 16.5. The molecule has 3 rings (SSSR count). The number of nitriles is 1. The molecular weight excluding hydrogens is 486 g/mol. The minimum absolute atomic E-state index is 0.0886. The number of rotatable bonds is 8. The Morgan fingerprint density at radius 2 is 1.89 bits per heavy atom. The van der Waals surface area contributed by atoms with Gasteiger partial charge in [0.1, 0.15) is 23.9 Å². The molecule has 2 heterocycles. The lowest BCUT2D eigenvalue weighted by Crippen LogP contribution is -2.60. The van der Waals surface area contributed by atoms with Gasteiger partial charge in [-0.1, -0.05) is 34.6 Å². The molecule has 6 atom stereocenters. The molecule has 11 nitrogen and oxygen atoms in total. The zero-order valence-electron chi connectivity index (χ0n) is 21.8. The summed E-state index contributed by atoms with van der Waals surface area (Å²) >= 11 is 0. The molecule has 3 fully saturated rings. The molecule has 0 unspecified atom stereocenters. The van der Waals surface area contributed by atoms with E-state index in [1.54, 1.807) is 20.8 Å². The Balaban J connectivity index is 1.80. The summed E-state index contributed by atoms with van der Waals surface area (Å²) in [4.78, 5) is 53.0. The zero-order chi connectivity index (χ0) is 27.2. The highest BCUT2D eigenvalue weighted by Gasteiger charge is 2.69. The van der Waals surface area contributed by atoms with Crippen LogP contribution in [0.25, 0.3) is 0 Å². The fourth-order valence-corrected chi connectivity index (χ4v) is 6.18. The minimum Gasteiger partial charge on any atom is -0.356 e. The Hall–Kier alpha value is -2.68. The van der Waals surface area contributed by atoms with Crippen molar-refractivity contribution in [1.29, 1.82) is 5.26 Å². The van der Waals surface area contributed by atoms with E-state index in [4.69, 9.17) is 0 Å². The molecule has 0 aromatic carbocycles. The quantitative estimate of drug-likeness (QED) is 0.389. The van der Waals surface area contributed by atoms with Gasteiger partial charge in [0.2, 0.25) is 23.6 Å². The molecule has 4 amide bonds. The van der Waals surface area contributed by atoms with E-state index in [1.165, 1.54) is 4.90 Å². The summed E-state index contributed by atoms with van der Waals surface area (Å²) in [6.45, 7) is 10.2. The number of nitrogens with one attached hydrogen (secondary N) is 3. The topological polar surface area (TPSA) is 166 Å². The molecule has 0 bridgehead atoms. The van der Waals surface area contributed by atoms with Crippen molar-refractivity contribution in [3.05, 3.63) is 0 Å². The molecule has 12 heteroatoms. The Bertz CT molecular complexity index is 1090. The third-order valence-corrected chi connectivity index (χ3v) is 8.51. The van der Waals surface area contributed by atoms with Gasteiger partial charge in [0, 0.05) is 25.3 Å². The van der Waals surface area contributed by atoms with E-state index in [2.05, 4.69) is 22.0 Å². The zero-order valence-corrected chi connectivity index (χ0v) is 22.6. The first-order valence-corrected chi connectivity index (χ1v) is 14.3. The van der Waals surface area contributed by atoms with Crippen LogP contribution in [0.3, 0.4) is 0 Å². The summed E-state index contributed by atoms with van der Waals surface area (Å²) < 4.78 is 23.2. The second-order valence-electron chi connectivity index (χ2n) is 12.0. The van der Waals surface area contributed by atoms with Crippen LogP contribution < -0.4 is 16.0 Å². The fraction of sp³-hybridized carbons (Fsp3) is 0.792. The Kier molecular flexibility index (Phi) is 7.48. The van der Waals surface area contributed by atoms with Crippen LogP contribution in [0.1, 0.15) is 47.5 Å². The minimum atomic E-state index is -3.59. The molecule has 2 aliphatic heterocycles. The number of likely N-dealkylation sites (tertiary alicyclic amines) is 1. The standard InChI is InChI=1S/C24H37N5O6S/c1-23(2,3)19(28-16(30)12-36(6,34)35)22(33)29-11-15-17(24(15,4)5)18(29)21(32)27-14(10-25)9-13-7-8-26-20(13)31/h13-15,17-19H,7-9,11-12H2,1-6H3,(H,26,31)(H,27,32)(H,28,30)/t13-,14-,15-,17-,18-,19+/m0/s1. The number of carbonyl (C=O) groups excluding carboxylic acids is 4. The van der Waals surface area contributed by atoms with Crippen LogP contribution >= 0.6 is 0 Å². The predicted octanol–water partition coefficient (Wildman–Crippen LogP) is -0.421. The molecule has 0 aromatic rings. The summed E-state index contributed by atoms with van der Waals surface area (Å²) in [5.41, 5.74) is -0.915. The Morgan fingerprint density at radius 3 is 2.39 bits per heavy atom. The van der Waals surface area contributed by atoms with Crippen LogP contribution in [0.2, 0.25) is 0 Å². The highest BCUT2D eigenvalue weighted by Crippen LogP contribution is 2.65. The Morgan fingerprint density at radius 1 is 1.25 bits per heavy atom. The number of sulfone groups is 1. The third kappa shape index (κ3) is 5.82. The van der Waals surface area contributed by atoms with Gasteiger partial charge in [0.25, 0.3) is 0 Å². The maximum absolute atomic E-state index is 13.7. The summed E-state index contributed by atoms with van der Waals surface area (Å²) in [6, 6.07) is -0.691. The molecule has 1 saturated carbocycles. The fourth-order valence-electron chi connectivity index (χ4n) is 5.62. The molecule has 0 radical (unpaired) electrons. The van der Waals surface area contributed by atoms with Crippen molar-refractivity contribution < 1.29 is 27.6 Å². The molecule has 3 N–H and O–H groups in total. The second-order valence-corrected chi connectivity index (χ2v) is 14.2. The predicted molar refractivity (Wildman–Crippen MR) is 131 cm³/mol. The third-order valence-electron chi connectivity index (χ3n) is 7.73. The van der Waals surface area contributed by atoms with Gasteiger partial charge in [0.05, 0.1) is 6.07 Å². The largest absolute Gasteiger partial charge is 0.356 e. The summed E-state index contributed by atoms with van der Waals surface area (Å²) in [5, 5.41) is 17.7. The highest BCUT2D eigenvalue weighted by molar-refractivity contribution is 7.91. The summed E-state index contributed by atoms with van der Waals surface area (Å²) in [6.07, 6.45) is 1.73. The van der Waals surface area contributed by atoms with Gasteiger partial charge in [-0.05, 0) is 35.5 Å². The number of hydrogen-bond donors (Lipinski definition) is 3. The van der Waals surface area contributed by atoms with E-state index in [0.717, 1.165) is 6.26 Å². The SMILES string of the molecule is CC(C)(C)[C@H](NC(=O)CS(C)(=O)=O)C(=O)N1C[C@H]2[C@@H]([C@H]1C(=O)N[C@H](C#N)C[C@@H]1CCNC1=O)C2(C)C. The smallest absolute Gasteiger partial charge is 0.246 e. The van der Waals surface area contributed by atoms with Crippen LogP contribution in [0.5, 0.6) is 0 Å². The van der Waals surface area contributed by atoms with Crippen molar-refractivity contribution in [3.8, 4) is 6.07 Å². The van der Waals surface area contributed by atoms with Crippen LogP contribution in [-0.4, -0.2) is 80.2 Å². The average molecular weight is 524 g/mol. The van der Waals surface area contributed by atoms with Crippen molar-refractivity contribution in [2.75, 3.05) is 25.1 Å². The van der Waals surface area contributed by atoms with Gasteiger partial charge >= 0.3 is 0 Å². The Labute approximate surface area is 212 Å². The van der Waals surface area contributed by atoms with Gasteiger partial charge < -0.3 is 20.9 Å². The van der Waals surface area contributed by atoms with E-state index in [0.29, 0.717) is 19.5 Å². The molecule has 0 spiro atoms. The lowest BCUT2D eigenvalue weighted by Gasteiger charge is -2.37. The maximum atomic E-state index is 13.7. The van der Waals surface area contributed by atoms with Crippen molar-refractivity contribution in [1.82, 2.24) is 20.9 Å². The van der Waals surface area contributed by atoms with Crippen molar-refractivity contribution in [2.45, 2.75) is 65.6 Å². The van der Waals surface area contributed by atoms with Crippen LogP contribution in [-0.2, 0) is 29.0 Å². The van der Waals surface area contributed by atoms with Crippen molar-refractivity contribution in [3.63, 3.8) is 0 Å². The molecule has 36 heavy (non-hydrogen) atoms. The van der Waals surface area contributed by atoms with E-state index < -0.39 is 56.9 Å². The molecular formula is C24H37N5O6S. The number of nitrogens with zero attached hydrogens (tertiary/aromatic N) is 2. The van der Waals surface area contributed by atoms with Gasteiger partial charge in [0.15, 0.2) is 9.84 Å². The van der Waals surface area contributed by atoms with E-state index in [1.807, 2.05) is 13.8 Å². The summed E-state index contributed by atoms with van der Waals surface area (Å²) in [5.74, 6) is -2.95. The number of carbonyl (C=O) groups is 4. The van der Waals surface area contributed by atoms with Crippen LogP contribution in [0, 0.1) is 39.9 Å². The average Bonchev–Trinajstić information content (AvgIpc) is 3.08.